The molecule has 44 heteroatoms. The van der Waals surface area contributed by atoms with E-state index in [1.54, 1.807) is 0 Å². The quantitative estimate of drug-likeness (QED) is 0.0479. The second-order valence-electron chi connectivity index (χ2n) is 25.5. The first kappa shape index (κ1) is 87.4. The molecule has 0 bridgehead atoms. The summed E-state index contributed by atoms with van der Waals surface area (Å²) < 4.78 is 100. The van der Waals surface area contributed by atoms with E-state index in [-0.39, 0.29) is 88.1 Å². The van der Waals surface area contributed by atoms with Crippen molar-refractivity contribution in [3.63, 3.8) is 0 Å². The molecule has 99 heavy (non-hydrogen) atoms. The van der Waals surface area contributed by atoms with Gasteiger partial charge in [-0.15, -0.1) is 0 Å². The zero-order chi connectivity index (χ0) is 71.2. The molecule has 0 aromatic rings. The van der Waals surface area contributed by atoms with Crippen LogP contribution in [0.25, 0.3) is 11.5 Å². The van der Waals surface area contributed by atoms with Crippen LogP contribution in [0.2, 0.25) is 0 Å². The number of aliphatic hydroxyl groups excluding tert-OH is 23. The topological polar surface area (TPSA) is 670 Å². The van der Waals surface area contributed by atoms with Gasteiger partial charge in [0.2, 0.25) is 0 Å². The Morgan fingerprint density at radius 2 is 0.455 bits per heavy atom. The molecule has 9 rings (SSSR count). The van der Waals surface area contributed by atoms with Gasteiger partial charge in [-0.25, -0.2) is 0 Å². The normalized spacial score (nSPS) is 53.8. The Morgan fingerprint density at radius 1 is 0.212 bits per heavy atom. The maximum absolute atomic E-state index is 12.3. The summed E-state index contributed by atoms with van der Waals surface area (Å²) in [5.41, 5.74) is 19.2. The van der Waals surface area contributed by atoms with Gasteiger partial charge in [0.25, 0.3) is 0 Å². The average molecular weight is 1880 g/mol. The van der Waals surface area contributed by atoms with Gasteiger partial charge >= 0.3 is 0 Å². The summed E-state index contributed by atoms with van der Waals surface area (Å²) in [4.78, 5) is 0. The molecule has 0 spiro atoms. The van der Waals surface area contributed by atoms with E-state index in [4.69, 9.17) is 80.5 Å². The van der Waals surface area contributed by atoms with E-state index >= 15 is 0 Å². The molecule has 0 amide bonds. The molecule has 25 N–H and O–H groups in total. The first-order valence-electron chi connectivity index (χ1n) is 31.6. The smallest absolute Gasteiger partial charge is 0.187 e. The Hall–Kier alpha value is 1.20. The van der Waals surface area contributed by atoms with Gasteiger partial charge in [-0.2, -0.15) is 0 Å². The molecule has 2 radical (unpaired) electrons. The fraction of sp³-hybridized carbons (Fsp3) is 1.00. The third-order valence-electron chi connectivity index (χ3n) is 19.0. The summed E-state index contributed by atoms with van der Waals surface area (Å²) in [5.74, 6) is 0. The molecule has 572 valence electrons. The van der Waals surface area contributed by atoms with Crippen LogP contribution in [-0.2, 0) is 80.5 Å². The zero-order valence-corrected chi connectivity index (χ0v) is 63.1. The molecular weight excluding hydrogens is 1780 g/mol. The molecule has 9 aliphatic rings. The minimum Gasteiger partial charge on any atom is -0.668 e. The molecule has 9 heterocycles. The first-order chi connectivity index (χ1) is 45.9. The van der Waals surface area contributed by atoms with Crippen LogP contribution in [0, 0.1) is 88.1 Å². The summed E-state index contributed by atoms with van der Waals surface area (Å²) in [6.07, 6.45) is -81.7. The van der Waals surface area contributed by atoms with Crippen molar-refractivity contribution in [2.75, 3.05) is 39.6 Å². The molecular formula is C55H94Ac2N2O40-2. The second-order valence-corrected chi connectivity index (χ2v) is 25.5. The monoisotopic (exact) mass is 1880 g/mol. The molecule has 45 atom stereocenters. The minimum absolute atomic E-state index is 0. The minimum atomic E-state index is -2.40. The van der Waals surface area contributed by atoms with Crippen LogP contribution in [0.5, 0.6) is 0 Å². The fourth-order valence-electron chi connectivity index (χ4n) is 13.0. The Bertz CT molecular complexity index is 2430. The number of nitrogens with one attached hydrogen (secondary N) is 2. The molecule has 0 aromatic heterocycles. The second kappa shape index (κ2) is 37.7. The Labute approximate surface area is 635 Å². The molecule has 0 saturated carbocycles. The molecule has 27 unspecified atom stereocenters. The van der Waals surface area contributed by atoms with E-state index in [2.05, 4.69) is 0 Å². The average Bonchev–Trinajstić information content (AvgIpc) is 0.757. The fourth-order valence-corrected chi connectivity index (χ4v) is 13.0. The Kier molecular flexibility index (Phi) is 33.3. The van der Waals surface area contributed by atoms with E-state index in [0.29, 0.717) is 0 Å². The zero-order valence-electron chi connectivity index (χ0n) is 53.6. The largest absolute Gasteiger partial charge is 0.668 e. The van der Waals surface area contributed by atoms with Gasteiger partial charge in [0.1, 0.15) is 190 Å². The van der Waals surface area contributed by atoms with Crippen molar-refractivity contribution in [2.45, 2.75) is 304 Å². The number of hydrogen-bond donors (Lipinski definition) is 23. The maximum atomic E-state index is 12.3. The van der Waals surface area contributed by atoms with Crippen LogP contribution in [0.4, 0.5) is 0 Å². The third-order valence-corrected chi connectivity index (χ3v) is 19.0. The molecule has 9 aliphatic heterocycles. The SMILES string of the molecule is CC1OC(OC2C([NH-])[C@H](OC3C(O)[C@H](O[C@@H]4C(CO)O[C@@H](C)C(O)C4O)OC(CO)[C@@H]3O)OC(CO)[C@H]2O[C@@H]2OC(CO)[C@H](O)C(O[C@@H]3OC(CO)[C@@H](O[C@@H]4OC(CO)[C@H](O)C(O)C4O[C@@H]4O[C@@H](C)C(O)C(O)C4O)C(OC4OC(C)[C@@H](O)C(O)[C@H]4O)C3[NH-])C2O)[C@H](O)C(O)[C@@H]1O.[Ac].[Ac]. The van der Waals surface area contributed by atoms with Crippen LogP contribution in [0.15, 0.2) is 0 Å². The predicted molar refractivity (Wildman–Crippen MR) is 300 cm³/mol. The summed E-state index contributed by atoms with van der Waals surface area (Å²) in [5, 5.41) is 252. The van der Waals surface area contributed by atoms with Gasteiger partial charge in [-0.3, -0.25) is 0 Å². The predicted octanol–water partition coefficient (Wildman–Crippen LogP) is -14.4. The van der Waals surface area contributed by atoms with Crippen molar-refractivity contribution in [2.24, 2.45) is 0 Å². The van der Waals surface area contributed by atoms with Crippen molar-refractivity contribution >= 4 is 0 Å². The number of rotatable bonds is 22. The van der Waals surface area contributed by atoms with Gasteiger partial charge in [0.05, 0.1) is 76.3 Å². The van der Waals surface area contributed by atoms with E-state index in [1.165, 1.54) is 27.7 Å². The molecule has 42 nitrogen and oxygen atoms in total. The van der Waals surface area contributed by atoms with Crippen molar-refractivity contribution < 1.29 is 286 Å². The van der Waals surface area contributed by atoms with E-state index in [1.807, 2.05) is 0 Å². The molecule has 9 saturated heterocycles. The van der Waals surface area contributed by atoms with Gasteiger partial charge in [-0.05, 0) is 27.7 Å². The van der Waals surface area contributed by atoms with Crippen LogP contribution < -0.4 is 0 Å². The summed E-state index contributed by atoms with van der Waals surface area (Å²) in [6, 6.07) is -4.33. The van der Waals surface area contributed by atoms with E-state index in [0.717, 1.165) is 0 Å². The number of hydrogen-bond acceptors (Lipinski definition) is 40. The molecule has 0 aromatic carbocycles. The van der Waals surface area contributed by atoms with Crippen LogP contribution in [-0.4, -0.2) is 433 Å². The van der Waals surface area contributed by atoms with Crippen molar-refractivity contribution in [3.8, 4) is 0 Å². The van der Waals surface area contributed by atoms with Gasteiger partial charge in [0.15, 0.2) is 37.7 Å². The van der Waals surface area contributed by atoms with Crippen molar-refractivity contribution in [1.82, 2.24) is 0 Å². The summed E-state index contributed by atoms with van der Waals surface area (Å²) in [6.45, 7) is -1.09. The van der Waals surface area contributed by atoms with E-state index in [9.17, 15) is 129 Å². The van der Waals surface area contributed by atoms with Crippen molar-refractivity contribution in [1.29, 1.82) is 0 Å². The van der Waals surface area contributed by atoms with Gasteiger partial charge < -0.3 is 209 Å². The van der Waals surface area contributed by atoms with Gasteiger partial charge in [-0.1, -0.05) is 12.1 Å². The van der Waals surface area contributed by atoms with Gasteiger partial charge in [0, 0.05) is 88.1 Å². The standard InChI is InChI=1S/C55H94N2O40.2Ac/c1-11-26(67)33(74)40(18(8-61)81-11)90-53-38(79)45(28(69)16(6-59)85-53)95-48-21(56)43(93-50-35(76)30(71)23(64)12(2)82-50)41(19(9-62)88-48)91-54-39(80)46(29(70)17(7-60)86-54)96-49-22(57)44(94-51-36(77)31(72)24(65)13(3)83-51)42(20(10-63)89-49)92-55-47(34(75)27(68)15(5-58)87-55)97-52-37(78)32(73)25(66)14(4)84-52;;/h11-80H,5-10H2,1-4H3;;/q-2;;/t11-,12?,13?,14-,15?,16?,17?,18?,19?,20?,21?,22?,23+,24+,25?,26?,27-,28-,29-,30?,31?,32?,33?,34?,35+,36+,37?,38?,39?,40+,41+,42+,43?,44?,45?,46?,47?,48-,49-,50?,51?,52-,53-,54-,55-;;/m0../s1. The van der Waals surface area contributed by atoms with Crippen LogP contribution in [0.3, 0.4) is 0 Å². The first-order valence-corrected chi connectivity index (χ1v) is 31.6. The molecule has 0 aliphatic carbocycles. The van der Waals surface area contributed by atoms with Crippen LogP contribution in [0.1, 0.15) is 27.7 Å². The Balaban J connectivity index is 0.00000689. The number of ether oxygens (including phenoxy) is 17. The Morgan fingerprint density at radius 3 is 0.818 bits per heavy atom. The summed E-state index contributed by atoms with van der Waals surface area (Å²) in [7, 11) is 0. The van der Waals surface area contributed by atoms with Crippen molar-refractivity contribution in [3.05, 3.63) is 11.5 Å². The maximum Gasteiger partial charge on any atom is 0.187 e. The third kappa shape index (κ3) is 18.5. The summed E-state index contributed by atoms with van der Waals surface area (Å²) >= 11 is 0. The molecule has 9 fully saturated rings. The van der Waals surface area contributed by atoms with Crippen LogP contribution >= 0.6 is 0 Å². The van der Waals surface area contributed by atoms with E-state index < -0.39 is 316 Å². The number of aliphatic hydroxyl groups is 23.